The van der Waals surface area contributed by atoms with Crippen LogP contribution in [0.25, 0.3) is 0 Å². The molecule has 1 fully saturated rings. The van der Waals surface area contributed by atoms with Gasteiger partial charge in [0.15, 0.2) is 13.2 Å². The minimum absolute atomic E-state index is 0.0829. The summed E-state index contributed by atoms with van der Waals surface area (Å²) >= 11 is 0. The number of ether oxygens (including phenoxy) is 2. The lowest BCUT2D eigenvalue weighted by molar-refractivity contribution is 0.303. The lowest BCUT2D eigenvalue weighted by atomic mass is 10.4. The van der Waals surface area contributed by atoms with E-state index in [9.17, 15) is 0 Å². The van der Waals surface area contributed by atoms with Crippen molar-refractivity contribution in [2.24, 2.45) is 0 Å². The standard InChI is InChI=1S/C13H15N5O2/c1-3-9-19-12-15-11(18-7-5-14-6-8-18)16-13(17-12)20-10-4-2/h1-2,14H,5-10H2. The van der Waals surface area contributed by atoms with Crippen LogP contribution < -0.4 is 19.7 Å². The minimum atomic E-state index is 0.0829. The molecule has 7 heteroatoms. The van der Waals surface area contributed by atoms with Crippen LogP contribution in [0.4, 0.5) is 5.95 Å². The number of nitrogens with zero attached hydrogens (tertiary/aromatic N) is 4. The fourth-order valence-corrected chi connectivity index (χ4v) is 1.68. The third-order valence-electron chi connectivity index (χ3n) is 2.55. The first-order chi connectivity index (χ1) is 9.83. The topological polar surface area (TPSA) is 72.4 Å². The fourth-order valence-electron chi connectivity index (χ4n) is 1.68. The van der Waals surface area contributed by atoms with E-state index in [1.54, 1.807) is 0 Å². The quantitative estimate of drug-likeness (QED) is 0.712. The number of rotatable bonds is 5. The van der Waals surface area contributed by atoms with Crippen molar-refractivity contribution in [2.45, 2.75) is 0 Å². The Balaban J connectivity index is 2.19. The molecule has 0 spiro atoms. The number of piperazine rings is 1. The van der Waals surface area contributed by atoms with Crippen LogP contribution in [0.3, 0.4) is 0 Å². The van der Waals surface area contributed by atoms with Gasteiger partial charge in [-0.25, -0.2) is 0 Å². The zero-order valence-electron chi connectivity index (χ0n) is 11.0. The molecule has 0 bridgehead atoms. The number of nitrogens with one attached hydrogen (secondary N) is 1. The van der Waals surface area contributed by atoms with Gasteiger partial charge in [-0.2, -0.15) is 9.97 Å². The summed E-state index contributed by atoms with van der Waals surface area (Å²) in [7, 11) is 0. The molecule has 1 aromatic rings. The van der Waals surface area contributed by atoms with Crippen molar-refractivity contribution in [1.82, 2.24) is 20.3 Å². The van der Waals surface area contributed by atoms with Gasteiger partial charge in [-0.1, -0.05) is 11.8 Å². The Hall–Kier alpha value is -2.51. The zero-order chi connectivity index (χ0) is 14.2. The smallest absolute Gasteiger partial charge is 0.325 e. The summed E-state index contributed by atoms with van der Waals surface area (Å²) in [6.07, 6.45) is 10.3. The van der Waals surface area contributed by atoms with Gasteiger partial charge in [0, 0.05) is 26.2 Å². The molecule has 0 unspecified atom stereocenters. The van der Waals surface area contributed by atoms with Crippen LogP contribution in [-0.2, 0) is 0 Å². The van der Waals surface area contributed by atoms with Gasteiger partial charge in [0.2, 0.25) is 5.95 Å². The third-order valence-corrected chi connectivity index (χ3v) is 2.55. The van der Waals surface area contributed by atoms with E-state index in [1.807, 2.05) is 4.90 Å². The molecule has 1 aromatic heterocycles. The highest BCUT2D eigenvalue weighted by Gasteiger charge is 2.17. The molecule has 20 heavy (non-hydrogen) atoms. The van der Waals surface area contributed by atoms with Gasteiger partial charge in [0.1, 0.15) is 0 Å². The van der Waals surface area contributed by atoms with Gasteiger partial charge in [-0.3, -0.25) is 0 Å². The minimum Gasteiger partial charge on any atom is -0.450 e. The zero-order valence-corrected chi connectivity index (χ0v) is 11.0. The molecule has 1 aliphatic rings. The summed E-state index contributed by atoms with van der Waals surface area (Å²) in [4.78, 5) is 14.5. The molecule has 0 radical (unpaired) electrons. The second-order valence-electron chi connectivity index (χ2n) is 3.92. The monoisotopic (exact) mass is 273 g/mol. The summed E-state index contributed by atoms with van der Waals surface area (Å²) in [6.45, 7) is 3.50. The molecule has 7 nitrogen and oxygen atoms in total. The first-order valence-electron chi connectivity index (χ1n) is 6.17. The van der Waals surface area contributed by atoms with Crippen molar-refractivity contribution >= 4 is 5.95 Å². The van der Waals surface area contributed by atoms with Crippen LogP contribution in [-0.4, -0.2) is 54.3 Å². The maximum Gasteiger partial charge on any atom is 0.325 e. The number of hydrogen-bond acceptors (Lipinski definition) is 7. The van der Waals surface area contributed by atoms with Crippen molar-refractivity contribution in [3.63, 3.8) is 0 Å². The Morgan fingerprint density at radius 3 is 2.05 bits per heavy atom. The number of terminal acetylenes is 2. The van der Waals surface area contributed by atoms with E-state index in [-0.39, 0.29) is 25.2 Å². The first-order valence-corrected chi connectivity index (χ1v) is 6.17. The average molecular weight is 273 g/mol. The van der Waals surface area contributed by atoms with E-state index in [1.165, 1.54) is 0 Å². The Morgan fingerprint density at radius 2 is 1.55 bits per heavy atom. The van der Waals surface area contributed by atoms with E-state index in [4.69, 9.17) is 22.3 Å². The van der Waals surface area contributed by atoms with E-state index >= 15 is 0 Å². The average Bonchev–Trinajstić information content (AvgIpc) is 2.51. The molecule has 1 aliphatic heterocycles. The molecule has 1 saturated heterocycles. The van der Waals surface area contributed by atoms with Crippen LogP contribution in [0.5, 0.6) is 12.0 Å². The predicted octanol–water partition coefficient (Wildman–Crippen LogP) is -0.695. The van der Waals surface area contributed by atoms with Gasteiger partial charge in [-0.15, -0.1) is 17.8 Å². The summed E-state index contributed by atoms with van der Waals surface area (Å²) in [5.41, 5.74) is 0. The van der Waals surface area contributed by atoms with Crippen LogP contribution in [0.1, 0.15) is 0 Å². The maximum absolute atomic E-state index is 5.23. The van der Waals surface area contributed by atoms with Gasteiger partial charge >= 0.3 is 12.0 Å². The van der Waals surface area contributed by atoms with E-state index in [2.05, 4.69) is 32.1 Å². The Morgan fingerprint density at radius 1 is 1.00 bits per heavy atom. The summed E-state index contributed by atoms with van der Waals surface area (Å²) < 4.78 is 10.5. The summed E-state index contributed by atoms with van der Waals surface area (Å²) in [6, 6.07) is 0.275. The Kier molecular flexibility index (Phi) is 4.99. The molecular formula is C13H15N5O2. The largest absolute Gasteiger partial charge is 0.450 e. The number of anilines is 1. The van der Waals surface area contributed by atoms with Crippen LogP contribution in [0.2, 0.25) is 0 Å². The van der Waals surface area contributed by atoms with E-state index in [0.29, 0.717) is 5.95 Å². The van der Waals surface area contributed by atoms with E-state index < -0.39 is 0 Å². The molecule has 0 saturated carbocycles. The molecule has 0 aliphatic carbocycles. The SMILES string of the molecule is C#CCOc1nc(OCC#C)nc(N2CCNCC2)n1. The van der Waals surface area contributed by atoms with Crippen molar-refractivity contribution in [3.8, 4) is 36.7 Å². The lowest BCUT2D eigenvalue weighted by Crippen LogP contribution is -2.44. The van der Waals surface area contributed by atoms with Gasteiger partial charge in [-0.05, 0) is 0 Å². The second-order valence-corrected chi connectivity index (χ2v) is 3.92. The van der Waals surface area contributed by atoms with Crippen LogP contribution in [0, 0.1) is 24.7 Å². The molecule has 104 valence electrons. The Bertz CT molecular complexity index is 492. The normalized spacial score (nSPS) is 14.2. The molecule has 2 rings (SSSR count). The van der Waals surface area contributed by atoms with Crippen molar-refractivity contribution in [3.05, 3.63) is 0 Å². The number of aromatic nitrogens is 3. The molecule has 1 N–H and O–H groups in total. The fraction of sp³-hybridized carbons (Fsp3) is 0.462. The summed E-state index contributed by atoms with van der Waals surface area (Å²) in [5, 5.41) is 3.25. The first kappa shape index (κ1) is 13.9. The molecule has 0 atom stereocenters. The van der Waals surface area contributed by atoms with Crippen molar-refractivity contribution in [1.29, 1.82) is 0 Å². The van der Waals surface area contributed by atoms with Gasteiger partial charge in [0.25, 0.3) is 0 Å². The highest BCUT2D eigenvalue weighted by atomic mass is 16.5. The highest BCUT2D eigenvalue weighted by molar-refractivity contribution is 5.33. The van der Waals surface area contributed by atoms with Crippen LogP contribution in [0.15, 0.2) is 0 Å². The van der Waals surface area contributed by atoms with Crippen LogP contribution >= 0.6 is 0 Å². The number of hydrogen-bond donors (Lipinski definition) is 1. The second kappa shape index (κ2) is 7.17. The predicted molar refractivity (Wildman–Crippen MR) is 73.6 cm³/mol. The third kappa shape index (κ3) is 3.74. The van der Waals surface area contributed by atoms with E-state index in [0.717, 1.165) is 26.2 Å². The highest BCUT2D eigenvalue weighted by Crippen LogP contribution is 2.16. The lowest BCUT2D eigenvalue weighted by Gasteiger charge is -2.27. The van der Waals surface area contributed by atoms with Crippen molar-refractivity contribution in [2.75, 3.05) is 44.3 Å². The molecule has 0 amide bonds. The Labute approximate surface area is 117 Å². The molecule has 2 heterocycles. The van der Waals surface area contributed by atoms with Crippen molar-refractivity contribution < 1.29 is 9.47 Å². The summed E-state index contributed by atoms with van der Waals surface area (Å²) in [5.74, 6) is 5.22. The molecule has 0 aromatic carbocycles. The molecular weight excluding hydrogens is 258 g/mol. The van der Waals surface area contributed by atoms with Gasteiger partial charge < -0.3 is 19.7 Å². The van der Waals surface area contributed by atoms with Gasteiger partial charge in [0.05, 0.1) is 0 Å². The maximum atomic E-state index is 5.23.